The summed E-state index contributed by atoms with van der Waals surface area (Å²) < 4.78 is 18.2. The summed E-state index contributed by atoms with van der Waals surface area (Å²) in [4.78, 5) is 11.9. The summed E-state index contributed by atoms with van der Waals surface area (Å²) in [7, 11) is 1.53. The number of carbonyl (C=O) groups is 1. The third-order valence-electron chi connectivity index (χ3n) is 2.82. The fourth-order valence-corrected chi connectivity index (χ4v) is 1.79. The standard InChI is InChI=1S/C15H15FN2O3/c1-21-13-4-2-3-12(8-13)17-15(20)18-14-7-11(16)6-5-10(14)9-19/h2-8,19H,9H2,1H3,(H2,17,18,20). The highest BCUT2D eigenvalue weighted by molar-refractivity contribution is 6.00. The molecule has 0 atom stereocenters. The van der Waals surface area contributed by atoms with Gasteiger partial charge in [0.2, 0.25) is 0 Å². The van der Waals surface area contributed by atoms with Gasteiger partial charge >= 0.3 is 6.03 Å². The number of nitrogens with one attached hydrogen (secondary N) is 2. The van der Waals surface area contributed by atoms with Crippen LogP contribution >= 0.6 is 0 Å². The van der Waals surface area contributed by atoms with Crippen molar-refractivity contribution >= 4 is 17.4 Å². The molecule has 0 saturated heterocycles. The molecule has 0 unspecified atom stereocenters. The number of aliphatic hydroxyl groups is 1. The Morgan fingerprint density at radius 2 is 2.05 bits per heavy atom. The quantitative estimate of drug-likeness (QED) is 0.810. The summed E-state index contributed by atoms with van der Waals surface area (Å²) in [6.45, 7) is -0.297. The van der Waals surface area contributed by atoms with Crippen molar-refractivity contribution < 1.29 is 19.0 Å². The van der Waals surface area contributed by atoms with Gasteiger partial charge in [0.25, 0.3) is 0 Å². The van der Waals surface area contributed by atoms with Crippen LogP contribution in [0.3, 0.4) is 0 Å². The monoisotopic (exact) mass is 290 g/mol. The lowest BCUT2D eigenvalue weighted by atomic mass is 10.2. The minimum Gasteiger partial charge on any atom is -0.497 e. The van der Waals surface area contributed by atoms with Crippen LogP contribution in [0.1, 0.15) is 5.56 Å². The van der Waals surface area contributed by atoms with E-state index in [1.54, 1.807) is 24.3 Å². The van der Waals surface area contributed by atoms with Crippen LogP contribution in [0.4, 0.5) is 20.6 Å². The maximum Gasteiger partial charge on any atom is 0.323 e. The highest BCUT2D eigenvalue weighted by Crippen LogP contribution is 2.19. The highest BCUT2D eigenvalue weighted by Gasteiger charge is 2.08. The molecule has 2 rings (SSSR count). The van der Waals surface area contributed by atoms with Crippen LogP contribution in [0, 0.1) is 5.82 Å². The molecule has 0 saturated carbocycles. The van der Waals surface area contributed by atoms with Gasteiger partial charge in [0.05, 0.1) is 19.4 Å². The Hall–Kier alpha value is -2.60. The molecule has 0 spiro atoms. The topological polar surface area (TPSA) is 70.6 Å². The predicted octanol–water partition coefficient (Wildman–Crippen LogP) is 2.97. The SMILES string of the molecule is COc1cccc(NC(=O)Nc2cc(F)ccc2CO)c1. The first kappa shape index (κ1) is 14.8. The van der Waals surface area contributed by atoms with Gasteiger partial charge < -0.3 is 20.5 Å². The molecule has 3 N–H and O–H groups in total. The van der Waals surface area contributed by atoms with Crippen molar-refractivity contribution in [2.45, 2.75) is 6.61 Å². The van der Waals surface area contributed by atoms with Crippen molar-refractivity contribution in [1.82, 2.24) is 0 Å². The molecule has 0 aliphatic heterocycles. The van der Waals surface area contributed by atoms with E-state index in [1.807, 2.05) is 0 Å². The third kappa shape index (κ3) is 3.93. The molecule has 5 nitrogen and oxygen atoms in total. The minimum absolute atomic E-state index is 0.220. The second-order valence-corrected chi connectivity index (χ2v) is 4.27. The normalized spacial score (nSPS) is 10.0. The molecule has 0 fully saturated rings. The molecule has 0 radical (unpaired) electrons. The number of ether oxygens (including phenoxy) is 1. The van der Waals surface area contributed by atoms with E-state index in [-0.39, 0.29) is 12.3 Å². The molecule has 21 heavy (non-hydrogen) atoms. The van der Waals surface area contributed by atoms with Gasteiger partial charge in [0, 0.05) is 17.3 Å². The van der Waals surface area contributed by atoms with E-state index in [2.05, 4.69) is 10.6 Å². The number of amides is 2. The van der Waals surface area contributed by atoms with Crippen LogP contribution in [-0.4, -0.2) is 18.2 Å². The van der Waals surface area contributed by atoms with Crippen LogP contribution in [0.5, 0.6) is 5.75 Å². The molecule has 0 aliphatic rings. The minimum atomic E-state index is -0.538. The number of anilines is 2. The van der Waals surface area contributed by atoms with Crippen molar-refractivity contribution in [2.24, 2.45) is 0 Å². The van der Waals surface area contributed by atoms with Crippen molar-refractivity contribution in [1.29, 1.82) is 0 Å². The number of methoxy groups -OCH3 is 1. The zero-order chi connectivity index (χ0) is 15.2. The Labute approximate surface area is 121 Å². The fraction of sp³-hybridized carbons (Fsp3) is 0.133. The van der Waals surface area contributed by atoms with Gasteiger partial charge in [-0.25, -0.2) is 9.18 Å². The van der Waals surface area contributed by atoms with Crippen molar-refractivity contribution in [2.75, 3.05) is 17.7 Å². The van der Waals surface area contributed by atoms with E-state index in [1.165, 1.54) is 19.2 Å². The Morgan fingerprint density at radius 1 is 1.24 bits per heavy atom. The number of hydrogen-bond donors (Lipinski definition) is 3. The summed E-state index contributed by atoms with van der Waals surface area (Å²) in [6.07, 6.45) is 0. The van der Waals surface area contributed by atoms with Crippen molar-refractivity contribution in [3.63, 3.8) is 0 Å². The first-order valence-electron chi connectivity index (χ1n) is 6.23. The van der Waals surface area contributed by atoms with E-state index < -0.39 is 11.8 Å². The number of carbonyl (C=O) groups excluding carboxylic acids is 1. The lowest BCUT2D eigenvalue weighted by Crippen LogP contribution is -2.20. The van der Waals surface area contributed by atoms with E-state index in [0.717, 1.165) is 6.07 Å². The first-order valence-corrected chi connectivity index (χ1v) is 6.23. The summed E-state index contributed by atoms with van der Waals surface area (Å²) in [5.41, 5.74) is 1.18. The summed E-state index contributed by atoms with van der Waals surface area (Å²) in [5, 5.41) is 14.3. The van der Waals surface area contributed by atoms with Gasteiger partial charge in [-0.1, -0.05) is 12.1 Å². The van der Waals surface area contributed by atoms with Gasteiger partial charge in [-0.2, -0.15) is 0 Å². The zero-order valence-electron chi connectivity index (χ0n) is 11.4. The average molecular weight is 290 g/mol. The Balaban J connectivity index is 2.09. The summed E-state index contributed by atoms with van der Waals surface area (Å²) in [6, 6.07) is 10.1. The van der Waals surface area contributed by atoms with Gasteiger partial charge in [0.1, 0.15) is 11.6 Å². The number of aliphatic hydroxyl groups excluding tert-OH is 1. The van der Waals surface area contributed by atoms with Gasteiger partial charge in [-0.15, -0.1) is 0 Å². The van der Waals surface area contributed by atoms with E-state index in [4.69, 9.17) is 9.84 Å². The van der Waals surface area contributed by atoms with Crippen LogP contribution < -0.4 is 15.4 Å². The molecule has 0 bridgehead atoms. The molecular weight excluding hydrogens is 275 g/mol. The Kier molecular flexibility index (Phi) is 4.73. The van der Waals surface area contributed by atoms with E-state index in [0.29, 0.717) is 17.0 Å². The Morgan fingerprint density at radius 3 is 2.76 bits per heavy atom. The molecule has 0 heterocycles. The second kappa shape index (κ2) is 6.71. The smallest absolute Gasteiger partial charge is 0.323 e. The van der Waals surface area contributed by atoms with Crippen LogP contribution in [-0.2, 0) is 6.61 Å². The van der Waals surface area contributed by atoms with E-state index >= 15 is 0 Å². The molecule has 2 aromatic rings. The maximum absolute atomic E-state index is 13.2. The number of benzene rings is 2. The molecule has 0 aromatic heterocycles. The summed E-state index contributed by atoms with van der Waals surface area (Å²) in [5.74, 6) is 0.110. The molecule has 0 aliphatic carbocycles. The highest BCUT2D eigenvalue weighted by atomic mass is 19.1. The fourth-order valence-electron chi connectivity index (χ4n) is 1.79. The van der Waals surface area contributed by atoms with E-state index in [9.17, 15) is 9.18 Å². The zero-order valence-corrected chi connectivity index (χ0v) is 11.4. The largest absolute Gasteiger partial charge is 0.497 e. The van der Waals surface area contributed by atoms with Gasteiger partial charge in [0.15, 0.2) is 0 Å². The predicted molar refractivity (Wildman–Crippen MR) is 78.0 cm³/mol. The average Bonchev–Trinajstić information content (AvgIpc) is 2.47. The lowest BCUT2D eigenvalue weighted by Gasteiger charge is -2.11. The van der Waals surface area contributed by atoms with Crippen molar-refractivity contribution in [3.8, 4) is 5.75 Å². The molecule has 2 amide bonds. The van der Waals surface area contributed by atoms with Gasteiger partial charge in [-0.05, 0) is 24.3 Å². The molecule has 2 aromatic carbocycles. The van der Waals surface area contributed by atoms with Gasteiger partial charge in [-0.3, -0.25) is 0 Å². The molecule has 6 heteroatoms. The molecule has 110 valence electrons. The maximum atomic E-state index is 13.2. The lowest BCUT2D eigenvalue weighted by molar-refractivity contribution is 0.262. The number of rotatable bonds is 4. The number of urea groups is 1. The number of hydrogen-bond acceptors (Lipinski definition) is 3. The molecular formula is C15H15FN2O3. The Bertz CT molecular complexity index is 647. The van der Waals surface area contributed by atoms with Crippen LogP contribution in [0.15, 0.2) is 42.5 Å². The third-order valence-corrected chi connectivity index (χ3v) is 2.82. The summed E-state index contributed by atoms with van der Waals surface area (Å²) >= 11 is 0. The number of halogens is 1. The van der Waals surface area contributed by atoms with Crippen LogP contribution in [0.2, 0.25) is 0 Å². The second-order valence-electron chi connectivity index (χ2n) is 4.27. The van der Waals surface area contributed by atoms with Crippen LogP contribution in [0.25, 0.3) is 0 Å². The van der Waals surface area contributed by atoms with Crippen molar-refractivity contribution in [3.05, 3.63) is 53.8 Å². The first-order chi connectivity index (χ1) is 10.1.